The van der Waals surface area contributed by atoms with Crippen molar-refractivity contribution in [3.63, 3.8) is 0 Å². The lowest BCUT2D eigenvalue weighted by molar-refractivity contribution is -0.490. The molecule has 1 aromatic carbocycles. The summed E-state index contributed by atoms with van der Waals surface area (Å²) in [6.45, 7) is 2.84. The Morgan fingerprint density at radius 1 is 1.24 bits per heavy atom. The van der Waals surface area contributed by atoms with Gasteiger partial charge < -0.3 is 15.3 Å². The van der Waals surface area contributed by atoms with Gasteiger partial charge in [0.25, 0.3) is 0 Å². The third-order valence-electron chi connectivity index (χ3n) is 2.63. The van der Waals surface area contributed by atoms with Gasteiger partial charge in [0.2, 0.25) is 6.54 Å². The molecular formula is C13H17NO7. The SMILES string of the molecule is CCC(O)C[N+](=O)[O-].Cc1c(C(=O)O)cccc1C(=O)O. The van der Waals surface area contributed by atoms with E-state index >= 15 is 0 Å². The summed E-state index contributed by atoms with van der Waals surface area (Å²) in [5.74, 6) is -2.22. The second-order valence-electron chi connectivity index (χ2n) is 4.17. The fourth-order valence-corrected chi connectivity index (χ4v) is 1.40. The molecule has 1 unspecified atom stereocenters. The number of carbonyl (C=O) groups is 2. The molecule has 0 aliphatic heterocycles. The van der Waals surface area contributed by atoms with Gasteiger partial charge in [-0.15, -0.1) is 0 Å². The van der Waals surface area contributed by atoms with Gasteiger partial charge in [0, 0.05) is 4.92 Å². The van der Waals surface area contributed by atoms with E-state index in [0.717, 1.165) is 0 Å². The van der Waals surface area contributed by atoms with Crippen molar-refractivity contribution in [3.8, 4) is 0 Å². The van der Waals surface area contributed by atoms with Crippen molar-refractivity contribution < 1.29 is 29.8 Å². The zero-order valence-corrected chi connectivity index (χ0v) is 11.6. The van der Waals surface area contributed by atoms with Crippen LogP contribution in [0.5, 0.6) is 0 Å². The number of hydrogen-bond acceptors (Lipinski definition) is 5. The van der Waals surface area contributed by atoms with Crippen molar-refractivity contribution in [3.05, 3.63) is 45.0 Å². The number of nitrogens with zero attached hydrogens (tertiary/aromatic N) is 1. The molecule has 21 heavy (non-hydrogen) atoms. The summed E-state index contributed by atoms with van der Waals surface area (Å²) in [5.41, 5.74) is 0.335. The molecule has 3 N–H and O–H groups in total. The summed E-state index contributed by atoms with van der Waals surface area (Å²) in [6, 6.07) is 4.17. The first kappa shape index (κ1) is 18.5. The minimum absolute atomic E-state index is 0.0277. The summed E-state index contributed by atoms with van der Waals surface area (Å²) >= 11 is 0. The molecule has 8 nitrogen and oxygen atoms in total. The lowest BCUT2D eigenvalue weighted by Gasteiger charge is -2.03. The quantitative estimate of drug-likeness (QED) is 0.552. The Labute approximate surface area is 120 Å². The number of hydrogen-bond donors (Lipinski definition) is 3. The van der Waals surface area contributed by atoms with Gasteiger partial charge >= 0.3 is 11.9 Å². The van der Waals surface area contributed by atoms with E-state index in [0.29, 0.717) is 6.42 Å². The molecule has 0 spiro atoms. The minimum atomic E-state index is -1.11. The van der Waals surface area contributed by atoms with Crippen LogP contribution in [0.4, 0.5) is 0 Å². The molecule has 0 saturated carbocycles. The van der Waals surface area contributed by atoms with Crippen molar-refractivity contribution in [1.29, 1.82) is 0 Å². The lowest BCUT2D eigenvalue weighted by atomic mass is 10.0. The van der Waals surface area contributed by atoms with E-state index in [-0.39, 0.29) is 23.2 Å². The van der Waals surface area contributed by atoms with Crippen LogP contribution in [0, 0.1) is 17.0 Å². The monoisotopic (exact) mass is 299 g/mol. The highest BCUT2D eigenvalue weighted by molar-refractivity contribution is 5.96. The largest absolute Gasteiger partial charge is 0.478 e. The van der Waals surface area contributed by atoms with Crippen molar-refractivity contribution in [2.45, 2.75) is 26.4 Å². The predicted octanol–water partition coefficient (Wildman–Crippen LogP) is 1.43. The Morgan fingerprint density at radius 3 is 1.90 bits per heavy atom. The molecule has 0 saturated heterocycles. The fourth-order valence-electron chi connectivity index (χ4n) is 1.40. The molecule has 0 bridgehead atoms. The van der Waals surface area contributed by atoms with Gasteiger partial charge in [-0.05, 0) is 31.0 Å². The second-order valence-corrected chi connectivity index (χ2v) is 4.17. The van der Waals surface area contributed by atoms with Gasteiger partial charge in [-0.2, -0.15) is 0 Å². The number of carboxylic acids is 2. The maximum absolute atomic E-state index is 10.6. The molecular weight excluding hydrogens is 282 g/mol. The molecule has 8 heteroatoms. The first-order valence-electron chi connectivity index (χ1n) is 6.06. The highest BCUT2D eigenvalue weighted by Crippen LogP contribution is 2.13. The molecule has 0 heterocycles. The number of aliphatic hydroxyl groups is 1. The van der Waals surface area contributed by atoms with Crippen LogP contribution in [0.1, 0.15) is 39.6 Å². The van der Waals surface area contributed by atoms with Crippen LogP contribution in [0.2, 0.25) is 0 Å². The number of benzene rings is 1. The number of aliphatic hydroxyl groups excluding tert-OH is 1. The van der Waals surface area contributed by atoms with E-state index in [1.165, 1.54) is 25.1 Å². The molecule has 0 aromatic heterocycles. The van der Waals surface area contributed by atoms with Crippen LogP contribution in [0.25, 0.3) is 0 Å². The maximum atomic E-state index is 10.6. The molecule has 1 rings (SSSR count). The Bertz CT molecular complexity index is 495. The second kappa shape index (κ2) is 8.64. The van der Waals surface area contributed by atoms with Gasteiger partial charge in [0.15, 0.2) is 0 Å². The van der Waals surface area contributed by atoms with E-state index in [2.05, 4.69) is 0 Å². The van der Waals surface area contributed by atoms with E-state index in [1.807, 2.05) is 0 Å². The fraction of sp³-hybridized carbons (Fsp3) is 0.385. The predicted molar refractivity (Wildman–Crippen MR) is 73.3 cm³/mol. The molecule has 0 amide bonds. The van der Waals surface area contributed by atoms with Gasteiger partial charge in [0.05, 0.1) is 11.1 Å². The lowest BCUT2D eigenvalue weighted by Crippen LogP contribution is -2.17. The van der Waals surface area contributed by atoms with Gasteiger partial charge in [-0.1, -0.05) is 13.0 Å². The standard InChI is InChI=1S/C9H8O4.C4H9NO3/c1-5-6(8(10)11)3-2-4-7(5)9(12)13;1-2-4(6)3-5(7)8/h2-4H,1H3,(H,10,11)(H,12,13);4,6H,2-3H2,1H3. The highest BCUT2D eigenvalue weighted by atomic mass is 16.6. The topological polar surface area (TPSA) is 138 Å². The molecule has 0 aliphatic rings. The van der Waals surface area contributed by atoms with Crippen LogP contribution in [0.3, 0.4) is 0 Å². The summed E-state index contributed by atoms with van der Waals surface area (Å²) < 4.78 is 0. The minimum Gasteiger partial charge on any atom is -0.478 e. The van der Waals surface area contributed by atoms with Crippen molar-refractivity contribution in [2.24, 2.45) is 0 Å². The Kier molecular flexibility index (Phi) is 7.62. The number of aromatic carboxylic acids is 2. The molecule has 1 atom stereocenters. The van der Waals surface area contributed by atoms with Gasteiger partial charge in [0.1, 0.15) is 6.10 Å². The van der Waals surface area contributed by atoms with E-state index in [9.17, 15) is 19.7 Å². The highest BCUT2D eigenvalue weighted by Gasteiger charge is 2.13. The normalized spacial score (nSPS) is 11.0. The van der Waals surface area contributed by atoms with Crippen LogP contribution in [-0.4, -0.2) is 44.8 Å². The average Bonchev–Trinajstić information content (AvgIpc) is 2.38. The van der Waals surface area contributed by atoms with Crippen LogP contribution in [0.15, 0.2) is 18.2 Å². The summed E-state index contributed by atoms with van der Waals surface area (Å²) in [7, 11) is 0. The first-order chi connectivity index (χ1) is 9.70. The number of nitro groups is 1. The Morgan fingerprint density at radius 2 is 1.67 bits per heavy atom. The van der Waals surface area contributed by atoms with E-state index < -0.39 is 23.0 Å². The summed E-state index contributed by atoms with van der Waals surface area (Å²) in [6.07, 6.45) is -0.328. The average molecular weight is 299 g/mol. The Balaban J connectivity index is 0.000000433. The summed E-state index contributed by atoms with van der Waals surface area (Å²) in [4.78, 5) is 30.3. The van der Waals surface area contributed by atoms with E-state index in [1.54, 1.807) is 6.92 Å². The van der Waals surface area contributed by atoms with Crippen LogP contribution in [-0.2, 0) is 0 Å². The van der Waals surface area contributed by atoms with E-state index in [4.69, 9.17) is 15.3 Å². The third kappa shape index (κ3) is 6.48. The smallest absolute Gasteiger partial charge is 0.335 e. The summed E-state index contributed by atoms with van der Waals surface area (Å²) in [5, 5.41) is 35.6. The van der Waals surface area contributed by atoms with Gasteiger partial charge in [-0.25, -0.2) is 9.59 Å². The zero-order chi connectivity index (χ0) is 16.6. The zero-order valence-electron chi connectivity index (χ0n) is 11.6. The molecule has 1 aromatic rings. The number of carboxylic acid groups (broad SMARTS) is 2. The van der Waals surface area contributed by atoms with Gasteiger partial charge in [-0.3, -0.25) is 10.1 Å². The molecule has 0 fully saturated rings. The third-order valence-corrected chi connectivity index (χ3v) is 2.63. The first-order valence-corrected chi connectivity index (χ1v) is 6.06. The van der Waals surface area contributed by atoms with Crippen molar-refractivity contribution in [2.75, 3.05) is 6.54 Å². The van der Waals surface area contributed by atoms with Crippen LogP contribution < -0.4 is 0 Å². The molecule has 116 valence electrons. The maximum Gasteiger partial charge on any atom is 0.335 e. The molecule has 0 radical (unpaired) electrons. The number of rotatable bonds is 5. The van der Waals surface area contributed by atoms with Crippen molar-refractivity contribution in [1.82, 2.24) is 0 Å². The van der Waals surface area contributed by atoms with Crippen LogP contribution >= 0.6 is 0 Å². The molecule has 0 aliphatic carbocycles. The van der Waals surface area contributed by atoms with Crippen molar-refractivity contribution >= 4 is 11.9 Å². The Hall–Kier alpha value is -2.48.